The van der Waals surface area contributed by atoms with Crippen molar-refractivity contribution in [2.24, 2.45) is 5.92 Å². The van der Waals surface area contributed by atoms with Gasteiger partial charge in [-0.15, -0.1) is 15.3 Å². The third-order valence-corrected chi connectivity index (χ3v) is 5.87. The number of nitrogens with zero attached hydrogens (tertiary/aromatic N) is 5. The maximum Gasteiger partial charge on any atom is 0.231 e. The Hall–Kier alpha value is -3.16. The van der Waals surface area contributed by atoms with Crippen LogP contribution >= 0.6 is 0 Å². The number of amides is 1. The smallest absolute Gasteiger partial charge is 0.231 e. The number of rotatable bonds is 3. The Kier molecular flexibility index (Phi) is 4.54. The van der Waals surface area contributed by atoms with E-state index >= 15 is 0 Å². The Labute approximate surface area is 168 Å². The van der Waals surface area contributed by atoms with Crippen LogP contribution in [-0.2, 0) is 11.2 Å². The predicted octanol–water partition coefficient (Wildman–Crippen LogP) is 2.09. The topological polar surface area (TPSA) is 81.9 Å². The number of carbonyl (C=O) groups is 1. The molecular formula is C21H23N5O3. The zero-order valence-electron chi connectivity index (χ0n) is 16.3. The number of methoxy groups -OCH3 is 1. The lowest BCUT2D eigenvalue weighted by Gasteiger charge is -2.35. The Morgan fingerprint density at radius 1 is 1.14 bits per heavy atom. The summed E-state index contributed by atoms with van der Waals surface area (Å²) in [4.78, 5) is 15.0. The molecular weight excluding hydrogens is 370 g/mol. The van der Waals surface area contributed by atoms with Gasteiger partial charge in [-0.2, -0.15) is 4.52 Å². The lowest BCUT2D eigenvalue weighted by Crippen LogP contribution is -2.44. The van der Waals surface area contributed by atoms with Crippen molar-refractivity contribution in [1.82, 2.24) is 24.7 Å². The molecule has 8 heteroatoms. The van der Waals surface area contributed by atoms with Crippen LogP contribution in [0, 0.1) is 5.92 Å². The van der Waals surface area contributed by atoms with Crippen LogP contribution in [0.5, 0.6) is 11.6 Å². The van der Waals surface area contributed by atoms with Gasteiger partial charge in [0.1, 0.15) is 12.4 Å². The van der Waals surface area contributed by atoms with Crippen molar-refractivity contribution in [2.45, 2.75) is 25.2 Å². The van der Waals surface area contributed by atoms with Gasteiger partial charge in [0.05, 0.1) is 13.0 Å². The van der Waals surface area contributed by atoms with Gasteiger partial charge in [0.2, 0.25) is 11.8 Å². The van der Waals surface area contributed by atoms with Crippen molar-refractivity contribution in [2.75, 3.05) is 26.8 Å². The minimum atomic E-state index is -0.110. The molecule has 3 aromatic rings. The van der Waals surface area contributed by atoms with Crippen LogP contribution < -0.4 is 9.47 Å². The number of para-hydroxylation sites is 1. The van der Waals surface area contributed by atoms with Crippen LogP contribution in [0.25, 0.3) is 5.65 Å². The fraction of sp³-hybridized carbons (Fsp3) is 0.429. The van der Waals surface area contributed by atoms with Gasteiger partial charge in [-0.3, -0.25) is 4.79 Å². The van der Waals surface area contributed by atoms with E-state index in [-0.39, 0.29) is 17.7 Å². The molecule has 1 aromatic carbocycles. The van der Waals surface area contributed by atoms with Crippen molar-refractivity contribution >= 4 is 11.6 Å². The lowest BCUT2D eigenvalue weighted by atomic mass is 9.92. The van der Waals surface area contributed by atoms with E-state index in [0.717, 1.165) is 36.4 Å². The molecule has 1 unspecified atom stereocenters. The Morgan fingerprint density at radius 2 is 1.97 bits per heavy atom. The van der Waals surface area contributed by atoms with Gasteiger partial charge in [0.25, 0.3) is 0 Å². The first kappa shape index (κ1) is 17.9. The highest BCUT2D eigenvalue weighted by Gasteiger charge is 2.33. The second-order valence-corrected chi connectivity index (χ2v) is 7.62. The maximum atomic E-state index is 13.0. The molecule has 2 aromatic heterocycles. The van der Waals surface area contributed by atoms with Crippen LogP contribution in [0.15, 0.2) is 36.4 Å². The van der Waals surface area contributed by atoms with E-state index in [2.05, 4.69) is 15.3 Å². The maximum absolute atomic E-state index is 13.0. The summed E-state index contributed by atoms with van der Waals surface area (Å²) in [5.74, 6) is 2.56. The number of ether oxygens (including phenoxy) is 2. The quantitative estimate of drug-likeness (QED) is 0.678. The van der Waals surface area contributed by atoms with Gasteiger partial charge in [-0.1, -0.05) is 18.2 Å². The van der Waals surface area contributed by atoms with Gasteiger partial charge >= 0.3 is 0 Å². The van der Waals surface area contributed by atoms with E-state index in [4.69, 9.17) is 9.47 Å². The summed E-state index contributed by atoms with van der Waals surface area (Å²) in [6.45, 7) is 1.87. The SMILES string of the molecule is COc1ccc2nnc(C3CCN(C(=O)C4COc5ccccc5C4)CC3)n2n1. The minimum Gasteiger partial charge on any atom is -0.492 e. The standard InChI is InChI=1S/C21H23N5O3/c1-28-19-7-6-18-22-23-20(26(18)24-19)14-8-10-25(11-9-14)21(27)16-12-15-4-2-3-5-17(15)29-13-16/h2-7,14,16H,8-13H2,1H3. The van der Waals surface area contributed by atoms with Crippen molar-refractivity contribution in [3.8, 4) is 11.6 Å². The summed E-state index contributed by atoms with van der Waals surface area (Å²) in [5.41, 5.74) is 1.82. The number of carbonyl (C=O) groups excluding carboxylic acids is 1. The molecule has 1 saturated heterocycles. The number of hydrogen-bond donors (Lipinski definition) is 0. The molecule has 0 bridgehead atoms. The molecule has 29 heavy (non-hydrogen) atoms. The van der Waals surface area contributed by atoms with Crippen LogP contribution in [0.1, 0.15) is 30.1 Å². The summed E-state index contributed by atoms with van der Waals surface area (Å²) in [6, 6.07) is 11.6. The van der Waals surface area contributed by atoms with Crippen LogP contribution in [0.2, 0.25) is 0 Å². The van der Waals surface area contributed by atoms with Gasteiger partial charge < -0.3 is 14.4 Å². The molecule has 8 nitrogen and oxygen atoms in total. The second-order valence-electron chi connectivity index (χ2n) is 7.62. The molecule has 0 spiro atoms. The second kappa shape index (κ2) is 7.35. The summed E-state index contributed by atoms with van der Waals surface area (Å²) in [5, 5.41) is 13.0. The summed E-state index contributed by atoms with van der Waals surface area (Å²) in [7, 11) is 1.59. The monoisotopic (exact) mass is 393 g/mol. The molecule has 0 radical (unpaired) electrons. The number of hydrogen-bond acceptors (Lipinski definition) is 6. The third kappa shape index (κ3) is 3.28. The van der Waals surface area contributed by atoms with Gasteiger partial charge in [0, 0.05) is 25.1 Å². The zero-order valence-corrected chi connectivity index (χ0v) is 16.3. The first-order valence-electron chi connectivity index (χ1n) is 9.99. The first-order valence-corrected chi connectivity index (χ1v) is 9.99. The van der Waals surface area contributed by atoms with E-state index in [1.807, 2.05) is 35.2 Å². The Balaban J connectivity index is 1.26. The minimum absolute atomic E-state index is 0.110. The molecule has 1 atom stereocenters. The van der Waals surface area contributed by atoms with Crippen molar-refractivity contribution < 1.29 is 14.3 Å². The molecule has 0 aliphatic carbocycles. The van der Waals surface area contributed by atoms with Gasteiger partial charge in [-0.05, 0) is 37.0 Å². The Bertz CT molecular complexity index is 1040. The summed E-state index contributed by atoms with van der Waals surface area (Å²) in [6.07, 6.45) is 2.43. The van der Waals surface area contributed by atoms with Crippen LogP contribution in [-0.4, -0.2) is 57.4 Å². The number of benzene rings is 1. The van der Waals surface area contributed by atoms with Crippen molar-refractivity contribution in [3.05, 3.63) is 47.8 Å². The molecule has 1 amide bonds. The normalized spacial score (nSPS) is 19.6. The number of likely N-dealkylation sites (tertiary alicyclic amines) is 1. The molecule has 0 N–H and O–H groups in total. The van der Waals surface area contributed by atoms with E-state index in [0.29, 0.717) is 31.2 Å². The van der Waals surface area contributed by atoms with Crippen LogP contribution in [0.3, 0.4) is 0 Å². The van der Waals surface area contributed by atoms with Crippen molar-refractivity contribution in [1.29, 1.82) is 0 Å². The molecule has 5 rings (SSSR count). The van der Waals surface area contributed by atoms with E-state index in [1.165, 1.54) is 0 Å². The Morgan fingerprint density at radius 3 is 2.79 bits per heavy atom. The molecule has 2 aliphatic heterocycles. The summed E-state index contributed by atoms with van der Waals surface area (Å²) >= 11 is 0. The average molecular weight is 393 g/mol. The van der Waals surface area contributed by atoms with Crippen molar-refractivity contribution in [3.63, 3.8) is 0 Å². The highest BCUT2D eigenvalue weighted by Crippen LogP contribution is 2.31. The third-order valence-electron chi connectivity index (χ3n) is 5.87. The molecule has 2 aliphatic rings. The fourth-order valence-corrected chi connectivity index (χ4v) is 4.26. The van der Waals surface area contributed by atoms with E-state index < -0.39 is 0 Å². The zero-order chi connectivity index (χ0) is 19.8. The number of aromatic nitrogens is 4. The van der Waals surface area contributed by atoms with Crippen LogP contribution in [0.4, 0.5) is 0 Å². The lowest BCUT2D eigenvalue weighted by molar-refractivity contribution is -0.138. The number of fused-ring (bicyclic) bond motifs is 2. The van der Waals surface area contributed by atoms with E-state index in [1.54, 1.807) is 17.7 Å². The highest BCUT2D eigenvalue weighted by molar-refractivity contribution is 5.80. The summed E-state index contributed by atoms with van der Waals surface area (Å²) < 4.78 is 12.8. The highest BCUT2D eigenvalue weighted by atomic mass is 16.5. The fourth-order valence-electron chi connectivity index (χ4n) is 4.26. The molecule has 1 fully saturated rings. The first-order chi connectivity index (χ1) is 14.2. The van der Waals surface area contributed by atoms with E-state index in [9.17, 15) is 4.79 Å². The predicted molar refractivity (Wildman–Crippen MR) is 105 cm³/mol. The molecule has 150 valence electrons. The molecule has 4 heterocycles. The van der Waals surface area contributed by atoms with Gasteiger partial charge in [-0.25, -0.2) is 0 Å². The molecule has 0 saturated carbocycles. The largest absolute Gasteiger partial charge is 0.492 e. The average Bonchev–Trinajstić information content (AvgIpc) is 3.21. The van der Waals surface area contributed by atoms with Gasteiger partial charge in [0.15, 0.2) is 11.5 Å². The number of piperidine rings is 1.